The van der Waals surface area contributed by atoms with Crippen LogP contribution in [0.5, 0.6) is 0 Å². The molecule has 1 aromatic rings. The highest BCUT2D eigenvalue weighted by Crippen LogP contribution is 2.27. The van der Waals surface area contributed by atoms with Crippen LogP contribution in [-0.2, 0) is 14.9 Å². The maximum absolute atomic E-state index is 11.0. The first-order valence-corrected chi connectivity index (χ1v) is 4.94. The van der Waals surface area contributed by atoms with Gasteiger partial charge in [-0.1, -0.05) is 13.8 Å². The Morgan fingerprint density at radius 2 is 2.06 bits per heavy atom. The highest BCUT2D eigenvalue weighted by molar-refractivity contribution is 5.74. The van der Waals surface area contributed by atoms with Gasteiger partial charge in [0.1, 0.15) is 0 Å². The maximum Gasteiger partial charge on any atom is 0.333 e. The lowest BCUT2D eigenvalue weighted by Crippen LogP contribution is -2.42. The number of hydrogen-bond acceptors (Lipinski definition) is 4. The maximum atomic E-state index is 11.0. The molecule has 1 aromatic heterocycles. The minimum atomic E-state index is -1.00. The molecule has 88 valence electrons. The number of aryl methyl sites for hydroxylation is 1. The first-order chi connectivity index (χ1) is 7.39. The van der Waals surface area contributed by atoms with Gasteiger partial charge in [-0.15, -0.1) is 0 Å². The minimum absolute atomic E-state index is 0.604. The summed E-state index contributed by atoms with van der Waals surface area (Å²) in [5.41, 5.74) is 0.678. The van der Waals surface area contributed by atoms with E-state index in [-0.39, 0.29) is 0 Å². The topological polar surface area (TPSA) is 72.3 Å². The Kier molecular flexibility index (Phi) is 3.59. The molecule has 5 heteroatoms. The molecular weight excluding hydrogens is 208 g/mol. The third-order valence-electron chi connectivity index (χ3n) is 2.56. The highest BCUT2D eigenvalue weighted by Gasteiger charge is 2.38. The van der Waals surface area contributed by atoms with E-state index in [1.807, 2.05) is 6.92 Å². The molecule has 5 nitrogen and oxygen atoms in total. The smallest absolute Gasteiger partial charge is 0.333 e. The predicted molar refractivity (Wildman–Crippen MR) is 58.2 cm³/mol. The average molecular weight is 224 g/mol. The second kappa shape index (κ2) is 4.57. The molecule has 0 aromatic carbocycles. The van der Waals surface area contributed by atoms with Gasteiger partial charge < -0.3 is 9.84 Å². The normalized spacial score (nSPS) is 13.5. The van der Waals surface area contributed by atoms with Crippen LogP contribution in [0.3, 0.4) is 0 Å². The summed E-state index contributed by atoms with van der Waals surface area (Å²) in [6, 6.07) is 0. The predicted octanol–water partition coefficient (Wildman–Crippen LogP) is 1.16. The number of nitrogens with zero attached hydrogens (tertiary/aromatic N) is 2. The zero-order chi connectivity index (χ0) is 12.3. The van der Waals surface area contributed by atoms with Crippen LogP contribution in [0.25, 0.3) is 0 Å². The Hall–Kier alpha value is -1.49. The van der Waals surface area contributed by atoms with Crippen LogP contribution >= 0.6 is 0 Å². The summed E-state index contributed by atoms with van der Waals surface area (Å²) in [6.07, 6.45) is 2.26. The number of rotatable bonds is 4. The molecule has 1 N–H and O–H groups in total. The SMILES string of the molecule is COC(C(=O)O)C(C)(C)c1cnc(C)cn1. The quantitative estimate of drug-likeness (QED) is 0.830. The van der Waals surface area contributed by atoms with Gasteiger partial charge in [0.25, 0.3) is 0 Å². The average Bonchev–Trinajstić information content (AvgIpc) is 2.18. The molecule has 0 radical (unpaired) electrons. The summed E-state index contributed by atoms with van der Waals surface area (Å²) in [5.74, 6) is -1.00. The first-order valence-electron chi connectivity index (χ1n) is 4.94. The van der Waals surface area contributed by atoms with Gasteiger partial charge in [0, 0.05) is 24.9 Å². The van der Waals surface area contributed by atoms with Gasteiger partial charge in [0.2, 0.25) is 0 Å². The van der Waals surface area contributed by atoms with Crippen molar-refractivity contribution in [2.24, 2.45) is 0 Å². The fourth-order valence-corrected chi connectivity index (χ4v) is 1.56. The van der Waals surface area contributed by atoms with Crippen molar-refractivity contribution >= 4 is 5.97 Å². The number of methoxy groups -OCH3 is 1. The van der Waals surface area contributed by atoms with E-state index >= 15 is 0 Å². The van der Waals surface area contributed by atoms with Crippen LogP contribution in [0.15, 0.2) is 12.4 Å². The first kappa shape index (κ1) is 12.6. The zero-order valence-corrected chi connectivity index (χ0v) is 9.89. The summed E-state index contributed by atoms with van der Waals surface area (Å²) in [7, 11) is 1.38. The van der Waals surface area contributed by atoms with Crippen LogP contribution in [0, 0.1) is 6.92 Å². The highest BCUT2D eigenvalue weighted by atomic mass is 16.5. The van der Waals surface area contributed by atoms with Crippen molar-refractivity contribution in [3.05, 3.63) is 23.8 Å². The van der Waals surface area contributed by atoms with E-state index in [0.29, 0.717) is 5.69 Å². The molecule has 0 saturated carbocycles. The molecule has 0 aliphatic rings. The van der Waals surface area contributed by atoms with E-state index in [0.717, 1.165) is 5.69 Å². The monoisotopic (exact) mass is 224 g/mol. The molecule has 0 spiro atoms. The van der Waals surface area contributed by atoms with Crippen molar-refractivity contribution in [2.75, 3.05) is 7.11 Å². The van der Waals surface area contributed by atoms with Crippen molar-refractivity contribution in [1.82, 2.24) is 9.97 Å². The van der Waals surface area contributed by atoms with E-state index in [4.69, 9.17) is 9.84 Å². The second-order valence-electron chi connectivity index (χ2n) is 4.22. The lowest BCUT2D eigenvalue weighted by molar-refractivity contribution is -0.152. The van der Waals surface area contributed by atoms with E-state index < -0.39 is 17.5 Å². The number of carbonyl (C=O) groups is 1. The number of carboxylic acids is 1. The molecular formula is C11H16N2O3. The van der Waals surface area contributed by atoms with E-state index in [2.05, 4.69) is 9.97 Å². The number of aliphatic carboxylic acids is 1. The molecule has 1 rings (SSSR count). The number of carboxylic acid groups (broad SMARTS) is 1. The Morgan fingerprint density at radius 1 is 1.44 bits per heavy atom. The van der Waals surface area contributed by atoms with Crippen molar-refractivity contribution in [3.63, 3.8) is 0 Å². The van der Waals surface area contributed by atoms with Crippen LogP contribution in [-0.4, -0.2) is 34.3 Å². The standard InChI is InChI=1S/C11H16N2O3/c1-7-5-13-8(6-12-7)11(2,3)9(16-4)10(14)15/h5-6,9H,1-4H3,(H,14,15). The summed E-state index contributed by atoms with van der Waals surface area (Å²) < 4.78 is 4.99. The lowest BCUT2D eigenvalue weighted by atomic mass is 9.83. The Morgan fingerprint density at radius 3 is 2.44 bits per heavy atom. The van der Waals surface area contributed by atoms with Crippen molar-refractivity contribution in [1.29, 1.82) is 0 Å². The number of aromatic nitrogens is 2. The largest absolute Gasteiger partial charge is 0.479 e. The molecule has 0 aliphatic heterocycles. The molecule has 16 heavy (non-hydrogen) atoms. The Bertz CT molecular complexity index is 373. The molecule has 1 atom stereocenters. The van der Waals surface area contributed by atoms with E-state index in [1.54, 1.807) is 26.2 Å². The molecule has 0 saturated heterocycles. The van der Waals surface area contributed by atoms with Crippen molar-refractivity contribution in [2.45, 2.75) is 32.3 Å². The molecule has 0 aliphatic carbocycles. The van der Waals surface area contributed by atoms with Gasteiger partial charge in [-0.3, -0.25) is 9.97 Å². The molecule has 0 amide bonds. The fourth-order valence-electron chi connectivity index (χ4n) is 1.56. The third-order valence-corrected chi connectivity index (χ3v) is 2.56. The van der Waals surface area contributed by atoms with Gasteiger partial charge in [-0.25, -0.2) is 4.79 Å². The van der Waals surface area contributed by atoms with Crippen LogP contribution in [0.2, 0.25) is 0 Å². The van der Waals surface area contributed by atoms with Gasteiger partial charge in [-0.05, 0) is 6.92 Å². The van der Waals surface area contributed by atoms with Crippen molar-refractivity contribution in [3.8, 4) is 0 Å². The second-order valence-corrected chi connectivity index (χ2v) is 4.22. The van der Waals surface area contributed by atoms with Crippen LogP contribution < -0.4 is 0 Å². The summed E-state index contributed by atoms with van der Waals surface area (Å²) in [6.45, 7) is 5.37. The van der Waals surface area contributed by atoms with Gasteiger partial charge in [-0.2, -0.15) is 0 Å². The Labute approximate surface area is 94.5 Å². The Balaban J connectivity index is 3.08. The van der Waals surface area contributed by atoms with Crippen LogP contribution in [0.1, 0.15) is 25.2 Å². The summed E-state index contributed by atoms with van der Waals surface area (Å²) in [4.78, 5) is 19.4. The minimum Gasteiger partial charge on any atom is -0.479 e. The van der Waals surface area contributed by atoms with Gasteiger partial charge in [0.15, 0.2) is 6.10 Å². The van der Waals surface area contributed by atoms with E-state index in [1.165, 1.54) is 7.11 Å². The number of hydrogen-bond donors (Lipinski definition) is 1. The van der Waals surface area contributed by atoms with Gasteiger partial charge >= 0.3 is 5.97 Å². The fraction of sp³-hybridized carbons (Fsp3) is 0.545. The van der Waals surface area contributed by atoms with Crippen LogP contribution in [0.4, 0.5) is 0 Å². The summed E-state index contributed by atoms with van der Waals surface area (Å²) >= 11 is 0. The third kappa shape index (κ3) is 2.36. The lowest BCUT2D eigenvalue weighted by Gasteiger charge is -2.29. The molecule has 0 bridgehead atoms. The van der Waals surface area contributed by atoms with Crippen molar-refractivity contribution < 1.29 is 14.6 Å². The number of ether oxygens (including phenoxy) is 1. The molecule has 1 unspecified atom stereocenters. The molecule has 0 fully saturated rings. The van der Waals surface area contributed by atoms with Gasteiger partial charge in [0.05, 0.1) is 11.4 Å². The molecule has 1 heterocycles. The summed E-state index contributed by atoms with van der Waals surface area (Å²) in [5, 5.41) is 9.05. The zero-order valence-electron chi connectivity index (χ0n) is 9.89. The van der Waals surface area contributed by atoms with E-state index in [9.17, 15) is 4.79 Å².